The molecular weight excluding hydrogens is 266 g/mol. The van der Waals surface area contributed by atoms with Gasteiger partial charge in [-0.05, 0) is 30.9 Å². The van der Waals surface area contributed by atoms with Crippen molar-refractivity contribution in [1.29, 1.82) is 0 Å². The van der Waals surface area contributed by atoms with Crippen molar-refractivity contribution < 1.29 is 9.90 Å². The molecule has 0 saturated carbocycles. The van der Waals surface area contributed by atoms with Gasteiger partial charge in [-0.2, -0.15) is 0 Å². The number of nitrogens with zero attached hydrogens (tertiary/aromatic N) is 2. The molecule has 2 N–H and O–H groups in total. The summed E-state index contributed by atoms with van der Waals surface area (Å²) in [5.74, 6) is 0.335. The number of carbonyl (C=O) groups excluding carboxylic acids is 1. The minimum absolute atomic E-state index is 0.0758. The lowest BCUT2D eigenvalue weighted by molar-refractivity contribution is 0.137. The van der Waals surface area contributed by atoms with Crippen molar-refractivity contribution in [3.05, 3.63) is 29.0 Å². The predicted octanol–water partition coefficient (Wildman–Crippen LogP) is 1.65. The topological polar surface area (TPSA) is 65.5 Å². The van der Waals surface area contributed by atoms with Crippen molar-refractivity contribution >= 4 is 17.6 Å². The molecule has 19 heavy (non-hydrogen) atoms. The summed E-state index contributed by atoms with van der Waals surface area (Å²) in [5, 5.41) is 12.5. The molecular formula is C13H18ClN3O2. The van der Waals surface area contributed by atoms with E-state index in [4.69, 9.17) is 16.7 Å². The third kappa shape index (κ3) is 4.08. The van der Waals surface area contributed by atoms with E-state index < -0.39 is 0 Å². The molecule has 5 nitrogen and oxygen atoms in total. The molecule has 1 aromatic rings. The van der Waals surface area contributed by atoms with E-state index in [1.54, 1.807) is 23.2 Å². The number of hydrogen-bond acceptors (Lipinski definition) is 3. The van der Waals surface area contributed by atoms with E-state index in [2.05, 4.69) is 10.3 Å². The van der Waals surface area contributed by atoms with Gasteiger partial charge in [0.05, 0.1) is 17.3 Å². The number of carbonyl (C=O) groups is 1. The predicted molar refractivity (Wildman–Crippen MR) is 72.9 cm³/mol. The number of aromatic nitrogens is 1. The van der Waals surface area contributed by atoms with Crippen LogP contribution in [0, 0.1) is 5.92 Å². The van der Waals surface area contributed by atoms with E-state index in [1.807, 2.05) is 0 Å². The largest absolute Gasteiger partial charge is 0.396 e. The second-order valence-electron chi connectivity index (χ2n) is 4.74. The number of amides is 2. The second-order valence-corrected chi connectivity index (χ2v) is 5.18. The van der Waals surface area contributed by atoms with Crippen LogP contribution in [0.5, 0.6) is 0 Å². The van der Waals surface area contributed by atoms with E-state index in [-0.39, 0.29) is 12.6 Å². The van der Waals surface area contributed by atoms with Gasteiger partial charge in [0.2, 0.25) is 0 Å². The highest BCUT2D eigenvalue weighted by molar-refractivity contribution is 6.30. The number of piperidine rings is 1. The van der Waals surface area contributed by atoms with Crippen molar-refractivity contribution in [2.24, 2.45) is 5.92 Å². The SMILES string of the molecule is O=C(NCc1ccc(Cl)cn1)N1CCC(CO)CC1. The molecule has 2 rings (SSSR count). The summed E-state index contributed by atoms with van der Waals surface area (Å²) in [6.07, 6.45) is 3.29. The highest BCUT2D eigenvalue weighted by Crippen LogP contribution is 2.16. The molecule has 0 aliphatic carbocycles. The molecule has 6 heteroatoms. The Kier molecular flexibility index (Phi) is 4.99. The standard InChI is InChI=1S/C13H18ClN3O2/c14-11-1-2-12(15-7-11)8-16-13(19)17-5-3-10(9-18)4-6-17/h1-2,7,10,18H,3-6,8-9H2,(H,16,19). The number of rotatable bonds is 3. The summed E-state index contributed by atoms with van der Waals surface area (Å²) in [6.45, 7) is 2.01. The fraction of sp³-hybridized carbons (Fsp3) is 0.538. The first kappa shape index (κ1) is 14.1. The molecule has 1 aliphatic heterocycles. The summed E-state index contributed by atoms with van der Waals surface area (Å²) in [4.78, 5) is 17.8. The van der Waals surface area contributed by atoms with Crippen LogP contribution in [-0.4, -0.2) is 40.7 Å². The minimum Gasteiger partial charge on any atom is -0.396 e. The molecule has 0 radical (unpaired) electrons. The molecule has 0 aromatic carbocycles. The van der Waals surface area contributed by atoms with Crippen molar-refractivity contribution in [2.45, 2.75) is 19.4 Å². The van der Waals surface area contributed by atoms with E-state index >= 15 is 0 Å². The highest BCUT2D eigenvalue weighted by atomic mass is 35.5. The lowest BCUT2D eigenvalue weighted by Crippen LogP contribution is -2.44. The summed E-state index contributed by atoms with van der Waals surface area (Å²) in [7, 11) is 0. The number of hydrogen-bond donors (Lipinski definition) is 2. The van der Waals surface area contributed by atoms with Crippen molar-refractivity contribution in [3.63, 3.8) is 0 Å². The molecule has 1 aliphatic rings. The van der Waals surface area contributed by atoms with Crippen LogP contribution in [0.25, 0.3) is 0 Å². The van der Waals surface area contributed by atoms with Crippen LogP contribution in [0.4, 0.5) is 4.79 Å². The zero-order chi connectivity index (χ0) is 13.7. The Bertz CT molecular complexity index is 416. The zero-order valence-electron chi connectivity index (χ0n) is 10.7. The number of aliphatic hydroxyl groups excluding tert-OH is 1. The monoisotopic (exact) mass is 283 g/mol. The van der Waals surface area contributed by atoms with E-state index in [0.29, 0.717) is 30.6 Å². The first-order chi connectivity index (χ1) is 9.19. The van der Waals surface area contributed by atoms with Gasteiger partial charge >= 0.3 is 6.03 Å². The second kappa shape index (κ2) is 6.73. The van der Waals surface area contributed by atoms with Gasteiger partial charge in [0, 0.05) is 25.9 Å². The Balaban J connectivity index is 1.77. The number of likely N-dealkylation sites (tertiary alicyclic amines) is 1. The quantitative estimate of drug-likeness (QED) is 0.886. The van der Waals surface area contributed by atoms with Crippen molar-refractivity contribution in [3.8, 4) is 0 Å². The average molecular weight is 284 g/mol. The van der Waals surface area contributed by atoms with E-state index in [0.717, 1.165) is 18.5 Å². The fourth-order valence-electron chi connectivity index (χ4n) is 2.11. The van der Waals surface area contributed by atoms with Gasteiger partial charge < -0.3 is 15.3 Å². The third-order valence-electron chi connectivity index (χ3n) is 3.37. The van der Waals surface area contributed by atoms with Crippen LogP contribution in [0.15, 0.2) is 18.3 Å². The normalized spacial score (nSPS) is 16.4. The third-order valence-corrected chi connectivity index (χ3v) is 3.59. The Morgan fingerprint density at radius 2 is 2.21 bits per heavy atom. The molecule has 0 unspecified atom stereocenters. The maximum atomic E-state index is 11.9. The Morgan fingerprint density at radius 3 is 2.79 bits per heavy atom. The van der Waals surface area contributed by atoms with Crippen molar-refractivity contribution in [1.82, 2.24) is 15.2 Å². The number of pyridine rings is 1. The van der Waals surface area contributed by atoms with Crippen LogP contribution >= 0.6 is 11.6 Å². The van der Waals surface area contributed by atoms with Gasteiger partial charge in [0.1, 0.15) is 0 Å². The molecule has 0 bridgehead atoms. The van der Waals surface area contributed by atoms with Gasteiger partial charge in [-0.15, -0.1) is 0 Å². The number of halogens is 1. The number of aliphatic hydroxyl groups is 1. The lowest BCUT2D eigenvalue weighted by Gasteiger charge is -2.31. The Hall–Kier alpha value is -1.33. The molecule has 2 heterocycles. The van der Waals surface area contributed by atoms with Crippen molar-refractivity contribution in [2.75, 3.05) is 19.7 Å². The van der Waals surface area contributed by atoms with E-state index in [9.17, 15) is 4.79 Å². The van der Waals surface area contributed by atoms with Gasteiger partial charge in [0.15, 0.2) is 0 Å². The van der Waals surface area contributed by atoms with Crippen LogP contribution in [0.1, 0.15) is 18.5 Å². The van der Waals surface area contributed by atoms with Crippen LogP contribution in [0.3, 0.4) is 0 Å². The zero-order valence-corrected chi connectivity index (χ0v) is 11.4. The van der Waals surface area contributed by atoms with Gasteiger partial charge in [-0.3, -0.25) is 4.98 Å². The molecule has 1 saturated heterocycles. The number of urea groups is 1. The first-order valence-electron chi connectivity index (χ1n) is 6.43. The smallest absolute Gasteiger partial charge is 0.317 e. The molecule has 1 fully saturated rings. The molecule has 0 spiro atoms. The summed E-state index contributed by atoms with van der Waals surface area (Å²) < 4.78 is 0. The first-order valence-corrected chi connectivity index (χ1v) is 6.81. The van der Waals surface area contributed by atoms with Crippen LogP contribution < -0.4 is 5.32 Å². The maximum absolute atomic E-state index is 11.9. The van der Waals surface area contributed by atoms with Gasteiger partial charge in [-0.1, -0.05) is 11.6 Å². The van der Waals surface area contributed by atoms with Crippen LogP contribution in [0.2, 0.25) is 5.02 Å². The lowest BCUT2D eigenvalue weighted by atomic mass is 9.98. The Morgan fingerprint density at radius 1 is 1.47 bits per heavy atom. The molecule has 104 valence electrons. The molecule has 0 atom stereocenters. The maximum Gasteiger partial charge on any atom is 0.317 e. The Labute approximate surface area is 117 Å². The molecule has 2 amide bonds. The molecule has 1 aromatic heterocycles. The summed E-state index contributed by atoms with van der Waals surface area (Å²) >= 11 is 5.75. The number of nitrogens with one attached hydrogen (secondary N) is 1. The van der Waals surface area contributed by atoms with E-state index in [1.165, 1.54) is 0 Å². The highest BCUT2D eigenvalue weighted by Gasteiger charge is 2.21. The van der Waals surface area contributed by atoms with Gasteiger partial charge in [0.25, 0.3) is 0 Å². The average Bonchev–Trinajstić information content (AvgIpc) is 2.46. The van der Waals surface area contributed by atoms with Crippen LogP contribution in [-0.2, 0) is 6.54 Å². The fourth-order valence-corrected chi connectivity index (χ4v) is 2.22. The van der Waals surface area contributed by atoms with Gasteiger partial charge in [-0.25, -0.2) is 4.79 Å². The summed E-state index contributed by atoms with van der Waals surface area (Å²) in [5.41, 5.74) is 0.781. The minimum atomic E-state index is -0.0758. The summed E-state index contributed by atoms with van der Waals surface area (Å²) in [6, 6.07) is 3.47.